The van der Waals surface area contributed by atoms with Gasteiger partial charge in [-0.25, -0.2) is 0 Å². The summed E-state index contributed by atoms with van der Waals surface area (Å²) in [5.74, 6) is 1.84. The van der Waals surface area contributed by atoms with E-state index < -0.39 is 0 Å². The smallest absolute Gasteiger partial charge is 0.119 e. The molecule has 244 valence electrons. The second-order valence-corrected chi connectivity index (χ2v) is 12.0. The predicted octanol–water partition coefficient (Wildman–Crippen LogP) is 7.06. The average Bonchev–Trinajstić information content (AvgIpc) is 3.13. The van der Waals surface area contributed by atoms with Crippen molar-refractivity contribution in [2.75, 3.05) is 65.7 Å². The monoisotopic (exact) mass is 622 g/mol. The minimum atomic E-state index is 0.623. The lowest BCUT2D eigenvalue weighted by Gasteiger charge is -2.26. The zero-order chi connectivity index (χ0) is 31.5. The molecule has 4 aromatic carbocycles. The van der Waals surface area contributed by atoms with Crippen LogP contribution in [0.5, 0.6) is 11.5 Å². The average molecular weight is 623 g/mol. The highest BCUT2D eigenvalue weighted by Gasteiger charge is 2.10. The quantitative estimate of drug-likeness (QED) is 0.150. The van der Waals surface area contributed by atoms with E-state index in [4.69, 9.17) is 18.9 Å². The molecule has 2 aliphatic heterocycles. The molecule has 0 unspecified atom stereocenters. The Morgan fingerprint density at radius 3 is 1.15 bits per heavy atom. The lowest BCUT2D eigenvalue weighted by atomic mass is 10.1. The van der Waals surface area contributed by atoms with Crippen LogP contribution in [0.25, 0.3) is 0 Å². The Kier molecular flexibility index (Phi) is 14.5. The van der Waals surface area contributed by atoms with Gasteiger partial charge < -0.3 is 18.9 Å². The lowest BCUT2D eigenvalue weighted by Crippen LogP contribution is -2.36. The van der Waals surface area contributed by atoms with Crippen LogP contribution < -0.4 is 9.47 Å². The summed E-state index contributed by atoms with van der Waals surface area (Å²) in [7, 11) is 0. The Balaban J connectivity index is 0.000000181. The third-order valence-electron chi connectivity index (χ3n) is 8.43. The van der Waals surface area contributed by atoms with Crippen molar-refractivity contribution in [1.82, 2.24) is 9.80 Å². The summed E-state index contributed by atoms with van der Waals surface area (Å²) in [5.41, 5.74) is 5.24. The van der Waals surface area contributed by atoms with Crippen LogP contribution in [-0.2, 0) is 35.5 Å². The maximum atomic E-state index is 5.77. The van der Waals surface area contributed by atoms with Crippen LogP contribution in [0.4, 0.5) is 0 Å². The Morgan fingerprint density at radius 1 is 0.435 bits per heavy atom. The van der Waals surface area contributed by atoms with Crippen LogP contribution in [0.2, 0.25) is 0 Å². The zero-order valence-corrected chi connectivity index (χ0v) is 27.2. The van der Waals surface area contributed by atoms with Gasteiger partial charge in [0.15, 0.2) is 0 Å². The Labute approximate surface area is 275 Å². The van der Waals surface area contributed by atoms with Crippen LogP contribution in [0.15, 0.2) is 109 Å². The highest BCUT2D eigenvalue weighted by Crippen LogP contribution is 2.15. The molecular formula is C40H50N2O4. The highest BCUT2D eigenvalue weighted by molar-refractivity contribution is 5.26. The first-order valence-corrected chi connectivity index (χ1v) is 16.9. The standard InChI is InChI=1S/2C20H25NO2/c2*1-2-6-20(7-3-1)23-17-19-10-8-18(9-11-19)5-4-12-21-13-15-22-16-14-21/h2*1-3,6-11H,4-5,12-17H2. The molecule has 0 aliphatic carbocycles. The van der Waals surface area contributed by atoms with Crippen LogP contribution in [0.3, 0.4) is 0 Å². The topological polar surface area (TPSA) is 43.4 Å². The molecule has 0 spiro atoms. The van der Waals surface area contributed by atoms with Gasteiger partial charge in [0.1, 0.15) is 24.7 Å². The van der Waals surface area contributed by atoms with Gasteiger partial charge in [-0.3, -0.25) is 9.80 Å². The Hall–Kier alpha value is -3.68. The van der Waals surface area contributed by atoms with Crippen molar-refractivity contribution in [1.29, 1.82) is 0 Å². The van der Waals surface area contributed by atoms with Gasteiger partial charge in [0, 0.05) is 26.2 Å². The second-order valence-electron chi connectivity index (χ2n) is 12.0. The second kappa shape index (κ2) is 19.7. The molecule has 6 rings (SSSR count). The van der Waals surface area contributed by atoms with E-state index in [1.165, 1.54) is 48.2 Å². The van der Waals surface area contributed by atoms with Gasteiger partial charge in [-0.05, 0) is 85.3 Å². The molecule has 0 saturated carbocycles. The number of benzene rings is 4. The molecule has 0 N–H and O–H groups in total. The number of nitrogens with zero attached hydrogens (tertiary/aromatic N) is 2. The number of para-hydroxylation sites is 2. The van der Waals surface area contributed by atoms with E-state index in [0.29, 0.717) is 13.2 Å². The Bertz CT molecular complexity index is 1230. The van der Waals surface area contributed by atoms with Crippen molar-refractivity contribution in [3.05, 3.63) is 131 Å². The van der Waals surface area contributed by atoms with Gasteiger partial charge in [0.2, 0.25) is 0 Å². The summed E-state index contributed by atoms with van der Waals surface area (Å²) in [6, 6.07) is 37.5. The van der Waals surface area contributed by atoms with Crippen LogP contribution in [0, 0.1) is 0 Å². The molecule has 2 heterocycles. The number of hydrogen-bond donors (Lipinski definition) is 0. The summed E-state index contributed by atoms with van der Waals surface area (Å²) >= 11 is 0. The molecule has 4 aromatic rings. The molecule has 6 heteroatoms. The number of morpholine rings is 2. The molecular weight excluding hydrogens is 572 g/mol. The lowest BCUT2D eigenvalue weighted by molar-refractivity contribution is 0.0374. The first-order valence-electron chi connectivity index (χ1n) is 16.9. The van der Waals surface area contributed by atoms with E-state index in [1.807, 2.05) is 60.7 Å². The molecule has 0 aromatic heterocycles. The number of ether oxygens (including phenoxy) is 4. The molecule has 2 fully saturated rings. The third kappa shape index (κ3) is 12.6. The summed E-state index contributed by atoms with van der Waals surface area (Å²) < 4.78 is 22.3. The van der Waals surface area contributed by atoms with Crippen molar-refractivity contribution < 1.29 is 18.9 Å². The normalized spacial score (nSPS) is 15.5. The van der Waals surface area contributed by atoms with E-state index in [2.05, 4.69) is 58.3 Å². The molecule has 0 atom stereocenters. The fourth-order valence-electron chi connectivity index (χ4n) is 5.63. The highest BCUT2D eigenvalue weighted by atomic mass is 16.5. The van der Waals surface area contributed by atoms with Gasteiger partial charge in [-0.1, -0.05) is 84.9 Å². The summed E-state index contributed by atoms with van der Waals surface area (Å²) in [4.78, 5) is 4.98. The van der Waals surface area contributed by atoms with Crippen molar-refractivity contribution >= 4 is 0 Å². The number of aryl methyl sites for hydroxylation is 2. The fourth-order valence-corrected chi connectivity index (χ4v) is 5.63. The molecule has 0 amide bonds. The summed E-state index contributed by atoms with van der Waals surface area (Å²) in [6.07, 6.45) is 4.69. The van der Waals surface area contributed by atoms with E-state index in [1.54, 1.807) is 0 Å². The van der Waals surface area contributed by atoms with Crippen LogP contribution in [-0.4, -0.2) is 75.5 Å². The predicted molar refractivity (Wildman–Crippen MR) is 186 cm³/mol. The molecule has 6 nitrogen and oxygen atoms in total. The van der Waals surface area contributed by atoms with Crippen molar-refractivity contribution in [3.63, 3.8) is 0 Å². The van der Waals surface area contributed by atoms with Gasteiger partial charge in [-0.15, -0.1) is 0 Å². The Morgan fingerprint density at radius 2 is 0.783 bits per heavy atom. The maximum absolute atomic E-state index is 5.77. The van der Waals surface area contributed by atoms with E-state index >= 15 is 0 Å². The van der Waals surface area contributed by atoms with Gasteiger partial charge in [-0.2, -0.15) is 0 Å². The van der Waals surface area contributed by atoms with E-state index in [-0.39, 0.29) is 0 Å². The van der Waals surface area contributed by atoms with Crippen LogP contribution in [0.1, 0.15) is 35.1 Å². The largest absolute Gasteiger partial charge is 0.489 e. The minimum Gasteiger partial charge on any atom is -0.489 e. The van der Waals surface area contributed by atoms with Crippen molar-refractivity contribution in [3.8, 4) is 11.5 Å². The summed E-state index contributed by atoms with van der Waals surface area (Å²) in [6.45, 7) is 11.4. The fraction of sp³-hybridized carbons (Fsp3) is 0.400. The molecule has 46 heavy (non-hydrogen) atoms. The van der Waals surface area contributed by atoms with Gasteiger partial charge >= 0.3 is 0 Å². The van der Waals surface area contributed by atoms with Crippen molar-refractivity contribution in [2.24, 2.45) is 0 Å². The van der Waals surface area contributed by atoms with Crippen LogP contribution >= 0.6 is 0 Å². The minimum absolute atomic E-state index is 0.623. The van der Waals surface area contributed by atoms with Gasteiger partial charge in [0.05, 0.1) is 26.4 Å². The zero-order valence-electron chi connectivity index (χ0n) is 27.2. The molecule has 2 aliphatic rings. The molecule has 0 radical (unpaired) electrons. The van der Waals surface area contributed by atoms with Crippen molar-refractivity contribution in [2.45, 2.75) is 38.9 Å². The first kappa shape index (κ1) is 33.7. The number of hydrogen-bond acceptors (Lipinski definition) is 6. The molecule has 2 saturated heterocycles. The third-order valence-corrected chi connectivity index (χ3v) is 8.43. The van der Waals surface area contributed by atoms with E-state index in [0.717, 1.165) is 76.9 Å². The van der Waals surface area contributed by atoms with E-state index in [9.17, 15) is 0 Å². The maximum Gasteiger partial charge on any atom is 0.119 e. The molecule has 0 bridgehead atoms. The SMILES string of the molecule is c1ccc(OCc2ccc(CCCN3CCOCC3)cc2)cc1.c1ccc(OCc2ccc(CCCN3CCOCC3)cc2)cc1. The number of rotatable bonds is 14. The first-order chi connectivity index (χ1) is 22.8. The van der Waals surface area contributed by atoms with Gasteiger partial charge in [0.25, 0.3) is 0 Å². The summed E-state index contributed by atoms with van der Waals surface area (Å²) in [5, 5.41) is 0.